The first-order valence-electron chi connectivity index (χ1n) is 5.36. The van der Waals surface area contributed by atoms with Crippen LogP contribution in [0.2, 0.25) is 0 Å². The van der Waals surface area contributed by atoms with Crippen molar-refractivity contribution in [2.75, 3.05) is 11.9 Å². The van der Waals surface area contributed by atoms with Crippen molar-refractivity contribution in [1.82, 2.24) is 0 Å². The predicted octanol–water partition coefficient (Wildman–Crippen LogP) is 1.89. The van der Waals surface area contributed by atoms with Gasteiger partial charge in [-0.3, -0.25) is 9.59 Å². The fraction of sp³-hybridized carbons (Fsp3) is 0.333. The van der Waals surface area contributed by atoms with E-state index in [0.29, 0.717) is 18.0 Å². The highest BCUT2D eigenvalue weighted by molar-refractivity contribution is 6.01. The van der Waals surface area contributed by atoms with Crippen molar-refractivity contribution < 1.29 is 19.4 Å². The van der Waals surface area contributed by atoms with Gasteiger partial charge in [-0.25, -0.2) is 0 Å². The third-order valence-electron chi connectivity index (χ3n) is 1.90. The molecule has 2 N–H and O–H groups in total. The molecule has 0 fully saturated rings. The van der Waals surface area contributed by atoms with Crippen molar-refractivity contribution in [2.45, 2.75) is 19.8 Å². The molecule has 1 aromatic rings. The first kappa shape index (κ1) is 13.0. The number of carboxylic acids is 1. The number of hydrogen-bond acceptors (Lipinski definition) is 3. The molecule has 0 aliphatic carbocycles. The van der Waals surface area contributed by atoms with E-state index in [-0.39, 0.29) is 0 Å². The molecule has 0 saturated heterocycles. The van der Waals surface area contributed by atoms with Crippen LogP contribution >= 0.6 is 0 Å². The number of anilines is 1. The zero-order valence-electron chi connectivity index (χ0n) is 9.60. The molecule has 17 heavy (non-hydrogen) atoms. The number of ether oxygens (including phenoxy) is 1. The number of nitrogens with one attached hydrogen (secondary N) is 1. The molecule has 0 radical (unpaired) electrons. The molecule has 0 heterocycles. The van der Waals surface area contributed by atoms with E-state index < -0.39 is 18.3 Å². The van der Waals surface area contributed by atoms with E-state index in [4.69, 9.17) is 9.84 Å². The lowest BCUT2D eigenvalue weighted by Gasteiger charge is -2.07. The number of carbonyl (C=O) groups excluding carboxylic acids is 1. The van der Waals surface area contributed by atoms with Gasteiger partial charge in [0.1, 0.15) is 12.2 Å². The minimum absolute atomic E-state index is 0.532. The molecule has 0 aliphatic rings. The van der Waals surface area contributed by atoms with E-state index in [1.165, 1.54) is 0 Å². The van der Waals surface area contributed by atoms with Gasteiger partial charge in [-0.1, -0.05) is 13.0 Å². The maximum Gasteiger partial charge on any atom is 0.312 e. The van der Waals surface area contributed by atoms with Crippen molar-refractivity contribution in [2.24, 2.45) is 0 Å². The summed E-state index contributed by atoms with van der Waals surface area (Å²) in [7, 11) is 0. The number of amides is 1. The quantitative estimate of drug-likeness (QED) is 0.741. The zero-order chi connectivity index (χ0) is 12.7. The summed E-state index contributed by atoms with van der Waals surface area (Å²) in [6.07, 6.45) is 0.357. The molecule has 0 aliphatic heterocycles. The fourth-order valence-corrected chi connectivity index (χ4v) is 1.23. The smallest absolute Gasteiger partial charge is 0.312 e. The average molecular weight is 237 g/mol. The Morgan fingerprint density at radius 2 is 2.18 bits per heavy atom. The van der Waals surface area contributed by atoms with Crippen molar-refractivity contribution in [3.63, 3.8) is 0 Å². The van der Waals surface area contributed by atoms with Crippen molar-refractivity contribution >= 4 is 17.6 Å². The molecular formula is C12H15NO4. The predicted molar refractivity (Wildman–Crippen MR) is 63.1 cm³/mol. The monoisotopic (exact) mass is 237 g/mol. The summed E-state index contributed by atoms with van der Waals surface area (Å²) in [6.45, 7) is 2.60. The largest absolute Gasteiger partial charge is 0.494 e. The second-order valence-electron chi connectivity index (χ2n) is 3.49. The molecule has 1 amide bonds. The van der Waals surface area contributed by atoms with E-state index in [1.54, 1.807) is 24.3 Å². The lowest BCUT2D eigenvalue weighted by atomic mass is 10.3. The molecule has 5 nitrogen and oxygen atoms in total. The topological polar surface area (TPSA) is 75.6 Å². The third-order valence-corrected chi connectivity index (χ3v) is 1.90. The SMILES string of the molecule is CCCOc1cccc(NC(=O)CC(=O)O)c1. The van der Waals surface area contributed by atoms with E-state index in [2.05, 4.69) is 5.32 Å². The van der Waals surface area contributed by atoms with Crippen LogP contribution in [0.25, 0.3) is 0 Å². The van der Waals surface area contributed by atoms with Gasteiger partial charge in [-0.15, -0.1) is 0 Å². The van der Waals surface area contributed by atoms with Crippen molar-refractivity contribution in [1.29, 1.82) is 0 Å². The van der Waals surface area contributed by atoms with Gasteiger partial charge < -0.3 is 15.2 Å². The Kier molecular flexibility index (Phi) is 5.00. The van der Waals surface area contributed by atoms with Crippen LogP contribution < -0.4 is 10.1 Å². The van der Waals surface area contributed by atoms with Gasteiger partial charge >= 0.3 is 5.97 Å². The number of hydrogen-bond donors (Lipinski definition) is 2. The Bertz CT molecular complexity index is 403. The Morgan fingerprint density at radius 3 is 2.82 bits per heavy atom. The molecule has 0 atom stereocenters. The third kappa shape index (κ3) is 5.01. The Labute approximate surface area is 99.4 Å². The van der Waals surface area contributed by atoms with Gasteiger partial charge in [0.2, 0.25) is 5.91 Å². The van der Waals surface area contributed by atoms with Crippen LogP contribution in [-0.2, 0) is 9.59 Å². The van der Waals surface area contributed by atoms with Gasteiger partial charge in [-0.2, -0.15) is 0 Å². The van der Waals surface area contributed by atoms with Gasteiger partial charge in [0.15, 0.2) is 0 Å². The lowest BCUT2D eigenvalue weighted by molar-refractivity contribution is -0.139. The second-order valence-corrected chi connectivity index (χ2v) is 3.49. The lowest BCUT2D eigenvalue weighted by Crippen LogP contribution is -2.15. The Hall–Kier alpha value is -2.04. The van der Waals surface area contributed by atoms with Crippen LogP contribution in [-0.4, -0.2) is 23.6 Å². The standard InChI is InChI=1S/C12H15NO4/c1-2-6-17-10-5-3-4-9(7-10)13-11(14)8-12(15)16/h3-5,7H,2,6,8H2,1H3,(H,13,14)(H,15,16). The van der Waals surface area contributed by atoms with Crippen LogP contribution in [0.1, 0.15) is 19.8 Å². The molecule has 0 bridgehead atoms. The number of aliphatic carboxylic acids is 1. The molecule has 92 valence electrons. The summed E-state index contributed by atoms with van der Waals surface area (Å²) < 4.78 is 5.39. The summed E-state index contributed by atoms with van der Waals surface area (Å²) in [4.78, 5) is 21.5. The first-order valence-corrected chi connectivity index (χ1v) is 5.36. The van der Waals surface area contributed by atoms with Gasteiger partial charge in [-0.05, 0) is 18.6 Å². The second kappa shape index (κ2) is 6.52. The number of carbonyl (C=O) groups is 2. The highest BCUT2D eigenvalue weighted by atomic mass is 16.5. The fourth-order valence-electron chi connectivity index (χ4n) is 1.23. The number of benzene rings is 1. The molecule has 0 spiro atoms. The van der Waals surface area contributed by atoms with Crippen LogP contribution in [0.4, 0.5) is 5.69 Å². The summed E-state index contributed by atoms with van der Waals surface area (Å²) in [5.74, 6) is -1.05. The van der Waals surface area contributed by atoms with Gasteiger partial charge in [0, 0.05) is 11.8 Å². The Balaban J connectivity index is 2.58. The summed E-state index contributed by atoms with van der Waals surface area (Å²) >= 11 is 0. The normalized spacial score (nSPS) is 9.71. The minimum atomic E-state index is -1.15. The molecule has 0 saturated carbocycles. The van der Waals surface area contributed by atoms with E-state index in [0.717, 1.165) is 6.42 Å². The van der Waals surface area contributed by atoms with Crippen LogP contribution in [0.15, 0.2) is 24.3 Å². The highest BCUT2D eigenvalue weighted by Crippen LogP contribution is 2.17. The maximum atomic E-state index is 11.2. The zero-order valence-corrected chi connectivity index (χ0v) is 9.60. The van der Waals surface area contributed by atoms with Gasteiger partial charge in [0.25, 0.3) is 0 Å². The van der Waals surface area contributed by atoms with Crippen LogP contribution in [0, 0.1) is 0 Å². The highest BCUT2D eigenvalue weighted by Gasteiger charge is 2.07. The van der Waals surface area contributed by atoms with E-state index >= 15 is 0 Å². The molecule has 1 rings (SSSR count). The molecule has 5 heteroatoms. The van der Waals surface area contributed by atoms with Crippen molar-refractivity contribution in [3.8, 4) is 5.75 Å². The summed E-state index contributed by atoms with van der Waals surface area (Å²) in [5.41, 5.74) is 0.532. The van der Waals surface area contributed by atoms with Gasteiger partial charge in [0.05, 0.1) is 6.61 Å². The summed E-state index contributed by atoms with van der Waals surface area (Å²) in [5, 5.41) is 10.9. The van der Waals surface area contributed by atoms with E-state index in [1.807, 2.05) is 6.92 Å². The number of rotatable bonds is 6. The minimum Gasteiger partial charge on any atom is -0.494 e. The van der Waals surface area contributed by atoms with E-state index in [9.17, 15) is 9.59 Å². The average Bonchev–Trinajstić information content (AvgIpc) is 2.25. The first-order chi connectivity index (χ1) is 8.11. The maximum absolute atomic E-state index is 11.2. The van der Waals surface area contributed by atoms with Crippen molar-refractivity contribution in [3.05, 3.63) is 24.3 Å². The summed E-state index contributed by atoms with van der Waals surface area (Å²) in [6, 6.07) is 6.86. The molecular weight excluding hydrogens is 222 g/mol. The molecule has 1 aromatic carbocycles. The molecule has 0 unspecified atom stereocenters. The van der Waals surface area contributed by atoms with Crippen LogP contribution in [0.3, 0.4) is 0 Å². The van der Waals surface area contributed by atoms with Crippen LogP contribution in [0.5, 0.6) is 5.75 Å². The Morgan fingerprint density at radius 1 is 1.41 bits per heavy atom. The number of carboxylic acid groups (broad SMARTS) is 1. The molecule has 0 aromatic heterocycles.